The van der Waals surface area contributed by atoms with Gasteiger partial charge < -0.3 is 0 Å². The molecule has 7 nitrogen and oxygen atoms in total. The summed E-state index contributed by atoms with van der Waals surface area (Å²) in [6.07, 6.45) is 4.45. The Labute approximate surface area is 202 Å². The number of fused-ring (bicyclic) bond motifs is 3. The van der Waals surface area contributed by atoms with Crippen molar-refractivity contribution in [3.63, 3.8) is 0 Å². The molecule has 0 radical (unpaired) electrons. The first-order chi connectivity index (χ1) is 17.1. The van der Waals surface area contributed by atoms with Crippen LogP contribution in [0.3, 0.4) is 0 Å². The highest BCUT2D eigenvalue weighted by Gasteiger charge is 2.25. The summed E-state index contributed by atoms with van der Waals surface area (Å²) in [5.74, 6) is 0.887. The van der Waals surface area contributed by atoms with Crippen LogP contribution in [0.15, 0.2) is 64.0 Å². The minimum atomic E-state index is -0.555. The lowest BCUT2D eigenvalue weighted by molar-refractivity contribution is 0.385. The molecule has 1 aliphatic rings. The Hall–Kier alpha value is -4.26. The Bertz CT molecular complexity index is 1690. The van der Waals surface area contributed by atoms with Gasteiger partial charge >= 0.3 is 5.76 Å². The number of allylic oxidation sites excluding steroid dienone is 1. The van der Waals surface area contributed by atoms with Crippen molar-refractivity contribution in [1.29, 1.82) is 0 Å². The number of aromatic amines is 1. The van der Waals surface area contributed by atoms with Gasteiger partial charge in [-0.05, 0) is 78.3 Å². The van der Waals surface area contributed by atoms with E-state index >= 15 is 0 Å². The number of benzene rings is 2. The molecule has 0 saturated heterocycles. The summed E-state index contributed by atoms with van der Waals surface area (Å²) in [6.45, 7) is 6.29. The number of hydrogen-bond acceptors (Lipinski definition) is 5. The molecular weight excluding hydrogens is 438 g/mol. The predicted molar refractivity (Wildman–Crippen MR) is 136 cm³/mol. The van der Waals surface area contributed by atoms with E-state index in [1.807, 2.05) is 25.3 Å². The number of aromatic nitrogens is 5. The number of H-pyrrole nitrogens is 1. The SMILES string of the molecule is CCc1nc2cccnc2n1-c1ccc2c(c1C)CCc1ccccc1/C2=C(/C)c1noc(=O)[nH]1. The molecule has 3 aromatic heterocycles. The first-order valence-corrected chi connectivity index (χ1v) is 11.9. The van der Waals surface area contributed by atoms with Gasteiger partial charge in [0.15, 0.2) is 11.5 Å². The second-order valence-electron chi connectivity index (χ2n) is 8.90. The van der Waals surface area contributed by atoms with Crippen molar-refractivity contribution in [3.05, 3.63) is 105 Å². The summed E-state index contributed by atoms with van der Waals surface area (Å²) >= 11 is 0. The molecule has 2 aromatic carbocycles. The zero-order chi connectivity index (χ0) is 24.1. The van der Waals surface area contributed by atoms with E-state index in [4.69, 9.17) is 9.51 Å². The molecule has 0 bridgehead atoms. The Balaban J connectivity index is 1.64. The van der Waals surface area contributed by atoms with Crippen LogP contribution in [0.4, 0.5) is 0 Å². The van der Waals surface area contributed by atoms with Gasteiger partial charge in [0.05, 0.1) is 5.69 Å². The molecule has 0 atom stereocenters. The molecule has 1 aliphatic carbocycles. The molecule has 0 fully saturated rings. The summed E-state index contributed by atoms with van der Waals surface area (Å²) in [5, 5.41) is 3.98. The molecule has 0 spiro atoms. The number of imidazole rings is 1. The number of rotatable bonds is 3. The molecule has 5 aromatic rings. The maximum Gasteiger partial charge on any atom is 0.439 e. The monoisotopic (exact) mass is 463 g/mol. The molecule has 6 rings (SSSR count). The Morgan fingerprint density at radius 3 is 2.74 bits per heavy atom. The largest absolute Gasteiger partial charge is 0.439 e. The van der Waals surface area contributed by atoms with Crippen LogP contribution in [0.2, 0.25) is 0 Å². The number of nitrogens with one attached hydrogen (secondary N) is 1. The van der Waals surface area contributed by atoms with Crippen molar-refractivity contribution >= 4 is 22.3 Å². The number of aryl methyl sites for hydroxylation is 2. The second-order valence-corrected chi connectivity index (χ2v) is 8.90. The van der Waals surface area contributed by atoms with Gasteiger partial charge in [0.2, 0.25) is 0 Å². The molecule has 35 heavy (non-hydrogen) atoms. The summed E-state index contributed by atoms with van der Waals surface area (Å²) in [5.41, 5.74) is 10.9. The van der Waals surface area contributed by atoms with Crippen LogP contribution in [-0.2, 0) is 19.3 Å². The van der Waals surface area contributed by atoms with Crippen LogP contribution < -0.4 is 5.76 Å². The Morgan fingerprint density at radius 1 is 1.09 bits per heavy atom. The van der Waals surface area contributed by atoms with Gasteiger partial charge in [-0.3, -0.25) is 14.1 Å². The Morgan fingerprint density at radius 2 is 1.94 bits per heavy atom. The lowest BCUT2D eigenvalue weighted by Crippen LogP contribution is -2.07. The summed E-state index contributed by atoms with van der Waals surface area (Å²) in [7, 11) is 0. The van der Waals surface area contributed by atoms with Gasteiger partial charge in [0, 0.05) is 18.2 Å². The van der Waals surface area contributed by atoms with Gasteiger partial charge in [0.1, 0.15) is 11.3 Å². The van der Waals surface area contributed by atoms with Crippen molar-refractivity contribution in [3.8, 4) is 5.69 Å². The normalized spacial score (nSPS) is 14.5. The maximum absolute atomic E-state index is 11.7. The van der Waals surface area contributed by atoms with E-state index in [-0.39, 0.29) is 0 Å². The highest BCUT2D eigenvalue weighted by molar-refractivity contribution is 5.99. The number of hydrogen-bond donors (Lipinski definition) is 1. The highest BCUT2D eigenvalue weighted by Crippen LogP contribution is 2.40. The smallest absolute Gasteiger partial charge is 0.296 e. The average Bonchev–Trinajstić information content (AvgIpc) is 3.43. The minimum absolute atomic E-state index is 0.451. The fourth-order valence-electron chi connectivity index (χ4n) is 5.29. The van der Waals surface area contributed by atoms with Crippen molar-refractivity contribution in [1.82, 2.24) is 24.7 Å². The van der Waals surface area contributed by atoms with Crippen LogP contribution in [0, 0.1) is 6.92 Å². The number of nitrogens with zero attached hydrogens (tertiary/aromatic N) is 4. The van der Waals surface area contributed by atoms with Crippen LogP contribution in [0.5, 0.6) is 0 Å². The lowest BCUT2D eigenvalue weighted by atomic mass is 9.88. The predicted octanol–water partition coefficient (Wildman–Crippen LogP) is 5.05. The van der Waals surface area contributed by atoms with E-state index < -0.39 is 5.76 Å². The lowest BCUT2D eigenvalue weighted by Gasteiger charge is -2.19. The fourth-order valence-corrected chi connectivity index (χ4v) is 5.29. The quantitative estimate of drug-likeness (QED) is 0.405. The second kappa shape index (κ2) is 8.20. The highest BCUT2D eigenvalue weighted by atomic mass is 16.5. The van der Waals surface area contributed by atoms with Crippen LogP contribution >= 0.6 is 0 Å². The van der Waals surface area contributed by atoms with Crippen molar-refractivity contribution in [2.24, 2.45) is 0 Å². The third kappa shape index (κ3) is 3.34. The molecular formula is C28H25N5O2. The van der Waals surface area contributed by atoms with E-state index in [0.29, 0.717) is 5.82 Å². The van der Waals surface area contributed by atoms with E-state index in [2.05, 4.69) is 69.9 Å². The molecule has 7 heteroatoms. The molecule has 174 valence electrons. The molecule has 0 aliphatic heterocycles. The van der Waals surface area contributed by atoms with Crippen LogP contribution in [0.25, 0.3) is 28.0 Å². The maximum atomic E-state index is 11.7. The van der Waals surface area contributed by atoms with Crippen molar-refractivity contribution < 1.29 is 4.52 Å². The molecule has 0 saturated carbocycles. The summed E-state index contributed by atoms with van der Waals surface area (Å²) < 4.78 is 7.02. The number of pyridine rings is 1. The topological polar surface area (TPSA) is 89.6 Å². The first kappa shape index (κ1) is 21.3. The molecule has 1 N–H and O–H groups in total. The average molecular weight is 464 g/mol. The zero-order valence-electron chi connectivity index (χ0n) is 19.9. The van der Waals surface area contributed by atoms with Gasteiger partial charge in [-0.2, -0.15) is 0 Å². The van der Waals surface area contributed by atoms with Gasteiger partial charge in [0.25, 0.3) is 0 Å². The third-order valence-electron chi connectivity index (χ3n) is 6.98. The van der Waals surface area contributed by atoms with Gasteiger partial charge in [-0.25, -0.2) is 14.8 Å². The van der Waals surface area contributed by atoms with Crippen molar-refractivity contribution in [2.75, 3.05) is 0 Å². The molecule has 0 amide bonds. The molecule has 0 unspecified atom stereocenters. The van der Waals surface area contributed by atoms with Gasteiger partial charge in [-0.1, -0.05) is 42.4 Å². The van der Waals surface area contributed by atoms with Crippen LogP contribution in [0.1, 0.15) is 53.3 Å². The fraction of sp³-hybridized carbons (Fsp3) is 0.214. The molecule has 3 heterocycles. The van der Waals surface area contributed by atoms with E-state index in [1.165, 1.54) is 16.7 Å². The zero-order valence-corrected chi connectivity index (χ0v) is 19.9. The first-order valence-electron chi connectivity index (χ1n) is 11.9. The summed E-state index contributed by atoms with van der Waals surface area (Å²) in [6, 6.07) is 16.7. The third-order valence-corrected chi connectivity index (χ3v) is 6.98. The van der Waals surface area contributed by atoms with Crippen molar-refractivity contribution in [2.45, 2.75) is 40.0 Å². The Kier molecular flexibility index (Phi) is 4.99. The van der Waals surface area contributed by atoms with Crippen LogP contribution in [-0.4, -0.2) is 24.7 Å². The van der Waals surface area contributed by atoms with E-state index in [1.54, 1.807) is 0 Å². The van der Waals surface area contributed by atoms with Gasteiger partial charge in [-0.15, -0.1) is 0 Å². The minimum Gasteiger partial charge on any atom is -0.296 e. The van der Waals surface area contributed by atoms with E-state index in [0.717, 1.165) is 64.2 Å². The van der Waals surface area contributed by atoms with E-state index in [9.17, 15) is 4.79 Å². The standard InChI is InChI=1S/C28H25N5O2/c1-4-24-30-22-10-7-15-29-27(22)33(24)23-14-13-21-19(16(23)2)12-11-18-8-5-6-9-20(18)25(21)17(3)26-31-28(34)35-32-26/h5-10,13-15H,4,11-12H2,1-3H3,(H,31,32,34)/b25-17+. The summed E-state index contributed by atoms with van der Waals surface area (Å²) in [4.78, 5) is 23.9.